The number of nitrogens with zero attached hydrogens (tertiary/aromatic N) is 4. The van der Waals surface area contributed by atoms with E-state index in [1.54, 1.807) is 18.2 Å². The Kier molecular flexibility index (Phi) is 6.50. The first-order valence-corrected chi connectivity index (χ1v) is 11.0. The summed E-state index contributed by atoms with van der Waals surface area (Å²) in [6.07, 6.45) is -1.61. The molecule has 3 heterocycles. The number of fused-ring (bicyclic) bond motifs is 1. The molecule has 1 saturated heterocycles. The largest absolute Gasteiger partial charge is 0.387 e. The minimum Gasteiger partial charge on any atom is -0.387 e. The van der Waals surface area contributed by atoms with Crippen LogP contribution in [0.2, 0.25) is 0 Å². The number of alkyl halides is 1. The predicted molar refractivity (Wildman–Crippen MR) is 122 cm³/mol. The molecule has 1 atom stereocenters. The zero-order valence-electron chi connectivity index (χ0n) is 19.0. The second-order valence-electron chi connectivity index (χ2n) is 8.91. The summed E-state index contributed by atoms with van der Waals surface area (Å²) in [5.41, 5.74) is 0.883. The van der Waals surface area contributed by atoms with Crippen molar-refractivity contribution in [1.82, 2.24) is 9.88 Å². The maximum atomic E-state index is 14.5. The number of halogens is 1. The fourth-order valence-electron chi connectivity index (χ4n) is 3.95. The number of amides is 2. The summed E-state index contributed by atoms with van der Waals surface area (Å²) < 4.78 is 19.9. The van der Waals surface area contributed by atoms with E-state index < -0.39 is 17.7 Å². The number of hydrogen-bond acceptors (Lipinski definition) is 7. The number of morpholine rings is 1. The maximum absolute atomic E-state index is 14.5. The monoisotopic (exact) mass is 467 g/mol. The molecule has 2 N–H and O–H groups in total. The number of carbonyl (C=O) groups excluding carboxylic acids is 2. The fraction of sp³-hybridized carbons (Fsp3) is 0.417. The highest BCUT2D eigenvalue weighted by molar-refractivity contribution is 6.07. The Morgan fingerprint density at radius 3 is 2.76 bits per heavy atom. The average Bonchev–Trinajstić information content (AvgIpc) is 3.12. The van der Waals surface area contributed by atoms with E-state index in [0.29, 0.717) is 48.8 Å². The highest BCUT2D eigenvalue weighted by Crippen LogP contribution is 2.35. The normalized spacial score (nSPS) is 16.7. The molecule has 0 aliphatic carbocycles. The molecule has 0 spiro atoms. The molecule has 178 valence electrons. The fourth-order valence-corrected chi connectivity index (χ4v) is 3.95. The number of aliphatic hydroxyl groups is 1. The number of nitrogens with one attached hydrogen (secondary N) is 1. The first kappa shape index (κ1) is 23.6. The van der Waals surface area contributed by atoms with Crippen molar-refractivity contribution in [1.29, 1.82) is 5.26 Å². The van der Waals surface area contributed by atoms with Gasteiger partial charge in [0.15, 0.2) is 0 Å². The molecule has 1 unspecified atom stereocenters. The molecule has 1 aromatic heterocycles. The third-order valence-corrected chi connectivity index (χ3v) is 5.94. The molecule has 2 aliphatic heterocycles. The molecule has 2 aliphatic rings. The number of rotatable bonds is 6. The third kappa shape index (κ3) is 4.85. The Labute approximate surface area is 196 Å². The molecule has 1 aromatic carbocycles. The molecule has 10 heteroatoms. The van der Waals surface area contributed by atoms with Gasteiger partial charge in [-0.05, 0) is 43.7 Å². The summed E-state index contributed by atoms with van der Waals surface area (Å²) in [4.78, 5) is 33.4. The first-order chi connectivity index (χ1) is 16.2. The van der Waals surface area contributed by atoms with E-state index in [1.807, 2.05) is 11.0 Å². The van der Waals surface area contributed by atoms with E-state index in [-0.39, 0.29) is 30.4 Å². The van der Waals surface area contributed by atoms with Gasteiger partial charge in [-0.1, -0.05) is 6.07 Å². The van der Waals surface area contributed by atoms with Crippen molar-refractivity contribution in [2.75, 3.05) is 43.1 Å². The molecule has 2 aromatic rings. The lowest BCUT2D eigenvalue weighted by molar-refractivity contribution is -0.0159. The number of aromatic nitrogens is 1. The maximum Gasteiger partial charge on any atom is 0.274 e. The summed E-state index contributed by atoms with van der Waals surface area (Å²) in [5.74, 6) is -0.809. The van der Waals surface area contributed by atoms with Crippen LogP contribution in [0.15, 0.2) is 30.3 Å². The van der Waals surface area contributed by atoms with Crippen LogP contribution in [0.25, 0.3) is 0 Å². The Bertz CT molecular complexity index is 1150. The van der Waals surface area contributed by atoms with Crippen LogP contribution in [0.1, 0.15) is 46.0 Å². The van der Waals surface area contributed by atoms with Gasteiger partial charge >= 0.3 is 0 Å². The predicted octanol–water partition coefficient (Wildman–Crippen LogP) is 2.11. The van der Waals surface area contributed by atoms with Gasteiger partial charge in [-0.3, -0.25) is 9.59 Å². The lowest BCUT2D eigenvalue weighted by Crippen LogP contribution is -2.42. The van der Waals surface area contributed by atoms with Gasteiger partial charge in [-0.15, -0.1) is 0 Å². The second-order valence-corrected chi connectivity index (χ2v) is 8.91. The van der Waals surface area contributed by atoms with Crippen LogP contribution >= 0.6 is 0 Å². The molecule has 0 saturated carbocycles. The van der Waals surface area contributed by atoms with E-state index >= 15 is 0 Å². The van der Waals surface area contributed by atoms with E-state index in [1.165, 1.54) is 30.9 Å². The van der Waals surface area contributed by atoms with Crippen molar-refractivity contribution >= 4 is 23.2 Å². The number of carbonyl (C=O) groups is 2. The van der Waals surface area contributed by atoms with Crippen molar-refractivity contribution < 1.29 is 23.8 Å². The summed E-state index contributed by atoms with van der Waals surface area (Å²) >= 11 is 0. The second kappa shape index (κ2) is 9.37. The van der Waals surface area contributed by atoms with Crippen LogP contribution in [0.5, 0.6) is 0 Å². The van der Waals surface area contributed by atoms with Crippen LogP contribution in [-0.2, 0) is 11.3 Å². The zero-order chi connectivity index (χ0) is 24.5. The van der Waals surface area contributed by atoms with Crippen molar-refractivity contribution in [2.45, 2.75) is 32.2 Å². The Morgan fingerprint density at radius 1 is 1.35 bits per heavy atom. The molecule has 4 rings (SSSR count). The number of hydrogen-bond donors (Lipinski definition) is 2. The van der Waals surface area contributed by atoms with Gasteiger partial charge in [-0.25, -0.2) is 9.37 Å². The average molecular weight is 468 g/mol. The van der Waals surface area contributed by atoms with E-state index in [9.17, 15) is 19.1 Å². The summed E-state index contributed by atoms with van der Waals surface area (Å²) in [6, 6.07) is 9.96. The highest BCUT2D eigenvalue weighted by atomic mass is 19.1. The van der Waals surface area contributed by atoms with Crippen molar-refractivity contribution in [3.63, 3.8) is 0 Å². The quantitative estimate of drug-likeness (QED) is 0.668. The number of pyridine rings is 1. The third-order valence-electron chi connectivity index (χ3n) is 5.94. The smallest absolute Gasteiger partial charge is 0.274 e. The molecular formula is C24H26FN5O4. The Hall–Kier alpha value is -3.55. The molecule has 9 nitrogen and oxygen atoms in total. The molecule has 0 radical (unpaired) electrons. The van der Waals surface area contributed by atoms with Crippen LogP contribution in [0.4, 0.5) is 15.8 Å². The molecule has 2 amide bonds. The summed E-state index contributed by atoms with van der Waals surface area (Å²) in [5, 5.41) is 21.9. The lowest BCUT2D eigenvalue weighted by Gasteiger charge is -2.31. The lowest BCUT2D eigenvalue weighted by atomic mass is 10.0. The van der Waals surface area contributed by atoms with Crippen molar-refractivity contribution in [3.05, 3.63) is 52.8 Å². The van der Waals surface area contributed by atoms with Gasteiger partial charge in [0, 0.05) is 25.2 Å². The highest BCUT2D eigenvalue weighted by Gasteiger charge is 2.35. The van der Waals surface area contributed by atoms with Gasteiger partial charge in [0.25, 0.3) is 11.8 Å². The standard InChI is InChI=1S/C24H26FN5O4/c1-24(2,33)21(25)14-30-13-15-10-19(28-22(31)18-5-3-4-16(12-26)27-18)20(11-17(15)23(30)32)29-6-8-34-9-7-29/h3-5,10-11,21,33H,6-9,13-14H2,1-2H3,(H,28,31). The van der Waals surface area contributed by atoms with Crippen LogP contribution < -0.4 is 10.2 Å². The van der Waals surface area contributed by atoms with Gasteiger partial charge in [0.05, 0.1) is 36.7 Å². The first-order valence-electron chi connectivity index (χ1n) is 11.0. The molecular weight excluding hydrogens is 441 g/mol. The summed E-state index contributed by atoms with van der Waals surface area (Å²) in [7, 11) is 0. The van der Waals surface area contributed by atoms with Crippen LogP contribution in [0.3, 0.4) is 0 Å². The van der Waals surface area contributed by atoms with E-state index in [2.05, 4.69) is 10.3 Å². The SMILES string of the molecule is CC(C)(O)C(F)CN1Cc2cc(NC(=O)c3cccc(C#N)n3)c(N3CCOCC3)cc2C1=O. The van der Waals surface area contributed by atoms with Gasteiger partial charge in [-0.2, -0.15) is 5.26 Å². The summed E-state index contributed by atoms with van der Waals surface area (Å²) in [6.45, 7) is 4.82. The van der Waals surface area contributed by atoms with Crippen molar-refractivity contribution in [2.24, 2.45) is 0 Å². The molecule has 34 heavy (non-hydrogen) atoms. The van der Waals surface area contributed by atoms with Crippen LogP contribution in [-0.4, -0.2) is 71.4 Å². The van der Waals surface area contributed by atoms with Gasteiger partial charge in [0.2, 0.25) is 0 Å². The van der Waals surface area contributed by atoms with Gasteiger partial charge < -0.3 is 25.0 Å². The van der Waals surface area contributed by atoms with Gasteiger partial charge in [0.1, 0.15) is 23.6 Å². The van der Waals surface area contributed by atoms with E-state index in [4.69, 9.17) is 10.00 Å². The number of anilines is 2. The topological polar surface area (TPSA) is 119 Å². The minimum atomic E-state index is -1.61. The number of nitriles is 1. The molecule has 0 bridgehead atoms. The van der Waals surface area contributed by atoms with Crippen molar-refractivity contribution in [3.8, 4) is 6.07 Å². The Morgan fingerprint density at radius 2 is 2.09 bits per heavy atom. The minimum absolute atomic E-state index is 0.0932. The van der Waals surface area contributed by atoms with E-state index in [0.717, 1.165) is 0 Å². The molecule has 1 fully saturated rings. The van der Waals surface area contributed by atoms with Crippen LogP contribution in [0, 0.1) is 11.3 Å². The number of benzene rings is 1. The number of ether oxygens (including phenoxy) is 1. The zero-order valence-corrected chi connectivity index (χ0v) is 19.0. The Balaban J connectivity index is 1.65.